The molecular formula is C18H15N5OS2. The van der Waals surface area contributed by atoms with Gasteiger partial charge in [0.15, 0.2) is 5.13 Å². The summed E-state index contributed by atoms with van der Waals surface area (Å²) in [5.74, 6) is -0.131. The Balaban J connectivity index is 1.46. The first-order valence-corrected chi connectivity index (χ1v) is 9.55. The highest BCUT2D eigenvalue weighted by molar-refractivity contribution is 7.22. The SMILES string of the molecule is Cc1cccc(-c2nnc(NC(=O)Cc3ccc4nc(N)sc4c3)s2)c1. The summed E-state index contributed by atoms with van der Waals surface area (Å²) in [7, 11) is 0. The van der Waals surface area contributed by atoms with Crippen LogP contribution >= 0.6 is 22.7 Å². The number of hydrogen-bond acceptors (Lipinski definition) is 7. The van der Waals surface area contributed by atoms with Crippen molar-refractivity contribution >= 4 is 49.1 Å². The second-order valence-electron chi connectivity index (χ2n) is 5.86. The summed E-state index contributed by atoms with van der Waals surface area (Å²) in [6.07, 6.45) is 0.257. The number of rotatable bonds is 4. The van der Waals surface area contributed by atoms with E-state index in [1.807, 2.05) is 49.4 Å². The van der Waals surface area contributed by atoms with Crippen LogP contribution in [0.3, 0.4) is 0 Å². The average molecular weight is 381 g/mol. The van der Waals surface area contributed by atoms with Crippen molar-refractivity contribution in [1.82, 2.24) is 15.2 Å². The highest BCUT2D eigenvalue weighted by Crippen LogP contribution is 2.27. The molecule has 0 atom stereocenters. The van der Waals surface area contributed by atoms with E-state index in [0.29, 0.717) is 10.3 Å². The van der Waals surface area contributed by atoms with E-state index in [1.54, 1.807) is 0 Å². The molecule has 1 amide bonds. The summed E-state index contributed by atoms with van der Waals surface area (Å²) < 4.78 is 0.977. The van der Waals surface area contributed by atoms with Crippen molar-refractivity contribution in [3.63, 3.8) is 0 Å². The normalized spacial score (nSPS) is 11.0. The Bertz CT molecular complexity index is 1100. The van der Waals surface area contributed by atoms with Crippen LogP contribution in [-0.2, 0) is 11.2 Å². The molecule has 4 rings (SSSR count). The molecule has 2 aromatic carbocycles. The molecule has 0 saturated heterocycles. The summed E-state index contributed by atoms with van der Waals surface area (Å²) >= 11 is 2.77. The molecule has 0 aliphatic rings. The lowest BCUT2D eigenvalue weighted by molar-refractivity contribution is -0.115. The Kier molecular flexibility index (Phi) is 4.36. The van der Waals surface area contributed by atoms with Crippen LogP contribution in [0.2, 0.25) is 0 Å². The Morgan fingerprint density at radius 1 is 1.15 bits per heavy atom. The number of fused-ring (bicyclic) bond motifs is 1. The molecule has 2 heterocycles. The van der Waals surface area contributed by atoms with Crippen LogP contribution in [-0.4, -0.2) is 21.1 Å². The maximum atomic E-state index is 12.3. The lowest BCUT2D eigenvalue weighted by Gasteiger charge is -2.01. The number of nitrogens with one attached hydrogen (secondary N) is 1. The number of aromatic nitrogens is 3. The van der Waals surface area contributed by atoms with Gasteiger partial charge in [-0.1, -0.05) is 52.5 Å². The molecule has 0 aliphatic heterocycles. The first-order chi connectivity index (χ1) is 12.6. The van der Waals surface area contributed by atoms with E-state index in [0.717, 1.165) is 31.9 Å². The summed E-state index contributed by atoms with van der Waals surface area (Å²) in [6, 6.07) is 13.7. The van der Waals surface area contributed by atoms with E-state index in [1.165, 1.54) is 22.7 Å². The van der Waals surface area contributed by atoms with Gasteiger partial charge >= 0.3 is 0 Å². The quantitative estimate of drug-likeness (QED) is 0.559. The molecule has 2 aromatic heterocycles. The fourth-order valence-corrected chi connectivity index (χ4v) is 4.17. The van der Waals surface area contributed by atoms with Gasteiger partial charge in [0.25, 0.3) is 0 Å². The highest BCUT2D eigenvalue weighted by atomic mass is 32.1. The van der Waals surface area contributed by atoms with Crippen molar-refractivity contribution in [1.29, 1.82) is 0 Å². The van der Waals surface area contributed by atoms with Gasteiger partial charge in [0.2, 0.25) is 11.0 Å². The second-order valence-corrected chi connectivity index (χ2v) is 7.90. The maximum Gasteiger partial charge on any atom is 0.230 e. The van der Waals surface area contributed by atoms with E-state index in [4.69, 9.17) is 5.73 Å². The van der Waals surface area contributed by atoms with E-state index in [9.17, 15) is 4.79 Å². The third-order valence-corrected chi connectivity index (χ3v) is 5.51. The Labute approximate surface area is 157 Å². The number of aryl methyl sites for hydroxylation is 1. The van der Waals surface area contributed by atoms with Gasteiger partial charge in [-0.2, -0.15) is 0 Å². The topological polar surface area (TPSA) is 93.8 Å². The predicted molar refractivity (Wildman–Crippen MR) is 106 cm³/mol. The van der Waals surface area contributed by atoms with Gasteiger partial charge in [0, 0.05) is 5.56 Å². The van der Waals surface area contributed by atoms with Gasteiger partial charge in [0.05, 0.1) is 16.6 Å². The van der Waals surface area contributed by atoms with Crippen LogP contribution in [0.15, 0.2) is 42.5 Å². The maximum absolute atomic E-state index is 12.3. The van der Waals surface area contributed by atoms with Gasteiger partial charge < -0.3 is 11.1 Å². The zero-order chi connectivity index (χ0) is 18.1. The zero-order valence-electron chi connectivity index (χ0n) is 13.9. The summed E-state index contributed by atoms with van der Waals surface area (Å²) in [5, 5.41) is 12.9. The third-order valence-electron chi connectivity index (χ3n) is 3.77. The predicted octanol–water partition coefficient (Wildman–Crippen LogP) is 3.89. The lowest BCUT2D eigenvalue weighted by atomic mass is 10.1. The van der Waals surface area contributed by atoms with Crippen LogP contribution < -0.4 is 11.1 Å². The van der Waals surface area contributed by atoms with Crippen molar-refractivity contribution in [3.05, 3.63) is 53.6 Å². The minimum absolute atomic E-state index is 0.131. The number of thiazole rings is 1. The number of benzene rings is 2. The number of nitrogens with zero attached hydrogens (tertiary/aromatic N) is 3. The Morgan fingerprint density at radius 2 is 2.04 bits per heavy atom. The monoisotopic (exact) mass is 381 g/mol. The highest BCUT2D eigenvalue weighted by Gasteiger charge is 2.11. The van der Waals surface area contributed by atoms with Crippen LogP contribution in [0.5, 0.6) is 0 Å². The van der Waals surface area contributed by atoms with Crippen molar-refractivity contribution < 1.29 is 4.79 Å². The number of hydrogen-bond donors (Lipinski definition) is 2. The Hall–Kier alpha value is -2.84. The van der Waals surface area contributed by atoms with Crippen LogP contribution in [0.4, 0.5) is 10.3 Å². The molecule has 0 fully saturated rings. The molecule has 0 spiro atoms. The van der Waals surface area contributed by atoms with E-state index >= 15 is 0 Å². The Morgan fingerprint density at radius 3 is 2.88 bits per heavy atom. The molecule has 3 N–H and O–H groups in total. The van der Waals surface area contributed by atoms with Gasteiger partial charge in [-0.25, -0.2) is 4.98 Å². The van der Waals surface area contributed by atoms with Gasteiger partial charge in [-0.15, -0.1) is 10.2 Å². The van der Waals surface area contributed by atoms with Crippen LogP contribution in [0.25, 0.3) is 20.8 Å². The van der Waals surface area contributed by atoms with Gasteiger partial charge in [0.1, 0.15) is 5.01 Å². The number of nitrogens with two attached hydrogens (primary N) is 1. The zero-order valence-corrected chi connectivity index (χ0v) is 15.5. The van der Waals surface area contributed by atoms with Crippen LogP contribution in [0.1, 0.15) is 11.1 Å². The third kappa shape index (κ3) is 3.56. The number of carbonyl (C=O) groups excluding carboxylic acids is 1. The molecule has 26 heavy (non-hydrogen) atoms. The minimum Gasteiger partial charge on any atom is -0.375 e. The van der Waals surface area contributed by atoms with Gasteiger partial charge in [-0.3, -0.25) is 4.79 Å². The molecule has 4 aromatic rings. The van der Waals surface area contributed by atoms with E-state index < -0.39 is 0 Å². The lowest BCUT2D eigenvalue weighted by Crippen LogP contribution is -2.14. The standard InChI is InChI=1S/C18H15N5OS2/c1-10-3-2-4-12(7-10)16-22-23-18(26-16)21-15(24)9-11-5-6-13-14(8-11)25-17(19)20-13/h2-8H,9H2,1H3,(H2,19,20)(H,21,23,24). The average Bonchev–Trinajstić information content (AvgIpc) is 3.20. The van der Waals surface area contributed by atoms with Crippen LogP contribution in [0, 0.1) is 6.92 Å². The second kappa shape index (κ2) is 6.81. The summed E-state index contributed by atoms with van der Waals surface area (Å²) in [5.41, 5.74) is 9.62. The smallest absolute Gasteiger partial charge is 0.230 e. The fraction of sp³-hybridized carbons (Fsp3) is 0.111. The molecule has 8 heteroatoms. The fourth-order valence-electron chi connectivity index (χ4n) is 2.61. The minimum atomic E-state index is -0.131. The number of anilines is 2. The number of carbonyl (C=O) groups is 1. The molecule has 130 valence electrons. The van der Waals surface area contributed by atoms with Crippen molar-refractivity contribution in [2.45, 2.75) is 13.3 Å². The molecule has 0 unspecified atom stereocenters. The number of amides is 1. The van der Waals surface area contributed by atoms with Gasteiger partial charge in [-0.05, 0) is 30.7 Å². The number of nitrogen functional groups attached to an aromatic ring is 1. The molecule has 0 saturated carbocycles. The van der Waals surface area contributed by atoms with E-state index in [2.05, 4.69) is 20.5 Å². The first kappa shape index (κ1) is 16.6. The summed E-state index contributed by atoms with van der Waals surface area (Å²) in [4.78, 5) is 16.5. The molecular weight excluding hydrogens is 366 g/mol. The first-order valence-electron chi connectivity index (χ1n) is 7.92. The molecule has 0 bridgehead atoms. The van der Waals surface area contributed by atoms with E-state index in [-0.39, 0.29) is 12.3 Å². The van der Waals surface area contributed by atoms with Crippen molar-refractivity contribution in [2.75, 3.05) is 11.1 Å². The van der Waals surface area contributed by atoms with Crippen molar-refractivity contribution in [3.8, 4) is 10.6 Å². The molecule has 6 nitrogen and oxygen atoms in total. The largest absolute Gasteiger partial charge is 0.375 e. The summed E-state index contributed by atoms with van der Waals surface area (Å²) in [6.45, 7) is 2.03. The van der Waals surface area contributed by atoms with Crippen molar-refractivity contribution in [2.24, 2.45) is 0 Å². The molecule has 0 aliphatic carbocycles. The molecule has 0 radical (unpaired) electrons.